The average molecular weight is 383 g/mol. The van der Waals surface area contributed by atoms with Crippen LogP contribution in [0.4, 0.5) is 21.5 Å². The zero-order valence-electron chi connectivity index (χ0n) is 15.0. The highest BCUT2D eigenvalue weighted by atomic mass is 19.1. The monoisotopic (exact) mass is 383 g/mol. The molecule has 9 heteroatoms. The topological polar surface area (TPSA) is 112 Å². The van der Waals surface area contributed by atoms with Crippen LogP contribution in [0.3, 0.4) is 0 Å². The lowest BCUT2D eigenvalue weighted by molar-refractivity contribution is -0.124. The summed E-state index contributed by atoms with van der Waals surface area (Å²) >= 11 is 0. The first-order valence-corrected chi connectivity index (χ1v) is 8.48. The molecule has 0 saturated heterocycles. The Hall–Kier alpha value is -3.75. The van der Waals surface area contributed by atoms with Gasteiger partial charge in [-0.1, -0.05) is 0 Å². The van der Waals surface area contributed by atoms with Gasteiger partial charge in [0.25, 0.3) is 0 Å². The third kappa shape index (κ3) is 5.13. The second-order valence-electron chi connectivity index (χ2n) is 6.13. The molecule has 2 aromatic carbocycles. The van der Waals surface area contributed by atoms with E-state index < -0.39 is 11.9 Å². The fraction of sp³-hybridized carbons (Fsp3) is 0.158. The summed E-state index contributed by atoms with van der Waals surface area (Å²) < 4.78 is 13.0. The SMILES string of the molecule is CC(=O)Nc1ccc(NC(=O)C2CC(=O)NC(Nc3ccc(F)cc3)=N2)cc1. The number of benzene rings is 2. The molecule has 0 fully saturated rings. The minimum atomic E-state index is -0.910. The van der Waals surface area contributed by atoms with Crippen molar-refractivity contribution in [3.63, 3.8) is 0 Å². The molecule has 4 N–H and O–H groups in total. The molecule has 0 spiro atoms. The number of aliphatic imine (C=N–C) groups is 1. The molecule has 144 valence electrons. The van der Waals surface area contributed by atoms with Crippen molar-refractivity contribution >= 4 is 40.7 Å². The van der Waals surface area contributed by atoms with Crippen molar-refractivity contribution in [2.45, 2.75) is 19.4 Å². The summed E-state index contributed by atoms with van der Waals surface area (Å²) in [6.07, 6.45) is -0.0929. The Kier molecular flexibility index (Phi) is 5.64. The number of halogens is 1. The molecule has 8 nitrogen and oxygen atoms in total. The Morgan fingerprint density at radius 3 is 2.18 bits per heavy atom. The van der Waals surface area contributed by atoms with Crippen LogP contribution in [0.5, 0.6) is 0 Å². The maximum absolute atomic E-state index is 13.0. The van der Waals surface area contributed by atoms with E-state index in [4.69, 9.17) is 0 Å². The van der Waals surface area contributed by atoms with E-state index in [-0.39, 0.29) is 30.0 Å². The number of rotatable bonds is 4. The zero-order chi connectivity index (χ0) is 20.1. The number of hydrogen-bond acceptors (Lipinski definition) is 5. The van der Waals surface area contributed by atoms with Gasteiger partial charge in [-0.25, -0.2) is 9.38 Å². The highest BCUT2D eigenvalue weighted by molar-refractivity contribution is 6.10. The Bertz CT molecular complexity index is 926. The van der Waals surface area contributed by atoms with Gasteiger partial charge < -0.3 is 16.0 Å². The Morgan fingerprint density at radius 1 is 1.00 bits per heavy atom. The summed E-state index contributed by atoms with van der Waals surface area (Å²) in [6, 6.07) is 11.2. The highest BCUT2D eigenvalue weighted by Crippen LogP contribution is 2.16. The second kappa shape index (κ2) is 8.30. The van der Waals surface area contributed by atoms with E-state index in [1.807, 2.05) is 0 Å². The van der Waals surface area contributed by atoms with Crippen LogP contribution in [0.15, 0.2) is 53.5 Å². The second-order valence-corrected chi connectivity index (χ2v) is 6.13. The molecule has 1 aliphatic rings. The van der Waals surface area contributed by atoms with Gasteiger partial charge in [0, 0.05) is 24.0 Å². The van der Waals surface area contributed by atoms with E-state index in [0.717, 1.165) is 0 Å². The maximum atomic E-state index is 13.0. The van der Waals surface area contributed by atoms with Crippen LogP contribution in [-0.2, 0) is 14.4 Å². The lowest BCUT2D eigenvalue weighted by atomic mass is 10.1. The fourth-order valence-electron chi connectivity index (χ4n) is 2.54. The number of carbonyl (C=O) groups is 3. The predicted molar refractivity (Wildman–Crippen MR) is 103 cm³/mol. The van der Waals surface area contributed by atoms with Gasteiger partial charge in [0.2, 0.25) is 23.7 Å². The van der Waals surface area contributed by atoms with Gasteiger partial charge in [0.15, 0.2) is 0 Å². The van der Waals surface area contributed by atoms with Crippen LogP contribution in [0.1, 0.15) is 13.3 Å². The molecule has 0 radical (unpaired) electrons. The summed E-state index contributed by atoms with van der Waals surface area (Å²) in [4.78, 5) is 39.6. The Morgan fingerprint density at radius 2 is 1.57 bits per heavy atom. The van der Waals surface area contributed by atoms with Crippen molar-refractivity contribution in [3.8, 4) is 0 Å². The first-order valence-electron chi connectivity index (χ1n) is 8.48. The molecule has 0 aromatic heterocycles. The largest absolute Gasteiger partial charge is 0.326 e. The van der Waals surface area contributed by atoms with E-state index in [1.54, 1.807) is 24.3 Å². The van der Waals surface area contributed by atoms with Crippen molar-refractivity contribution in [3.05, 3.63) is 54.3 Å². The smallest absolute Gasteiger partial charge is 0.249 e. The highest BCUT2D eigenvalue weighted by Gasteiger charge is 2.27. The van der Waals surface area contributed by atoms with E-state index >= 15 is 0 Å². The molecule has 1 unspecified atom stereocenters. The molecule has 1 atom stereocenters. The Balaban J connectivity index is 1.67. The predicted octanol–water partition coefficient (Wildman–Crippen LogP) is 2.08. The fourth-order valence-corrected chi connectivity index (χ4v) is 2.54. The van der Waals surface area contributed by atoms with E-state index in [9.17, 15) is 18.8 Å². The minimum absolute atomic E-state index is 0.0929. The first kappa shape index (κ1) is 19.0. The molecular weight excluding hydrogens is 365 g/mol. The Labute approximate surface area is 160 Å². The molecule has 3 amide bonds. The average Bonchev–Trinajstić information content (AvgIpc) is 2.64. The van der Waals surface area contributed by atoms with Gasteiger partial charge >= 0.3 is 0 Å². The van der Waals surface area contributed by atoms with E-state index in [1.165, 1.54) is 31.2 Å². The van der Waals surface area contributed by atoms with Crippen LogP contribution in [0.2, 0.25) is 0 Å². The van der Waals surface area contributed by atoms with Crippen LogP contribution in [0, 0.1) is 5.82 Å². The third-order valence-corrected chi connectivity index (χ3v) is 3.80. The molecule has 2 aromatic rings. The maximum Gasteiger partial charge on any atom is 0.249 e. The van der Waals surface area contributed by atoms with Crippen LogP contribution >= 0.6 is 0 Å². The number of hydrogen-bond donors (Lipinski definition) is 4. The van der Waals surface area contributed by atoms with Gasteiger partial charge in [-0.2, -0.15) is 0 Å². The normalized spacial score (nSPS) is 15.9. The number of carbonyl (C=O) groups excluding carboxylic acids is 3. The standard InChI is InChI=1S/C19H18FN5O3/c1-11(26)21-13-6-8-14(9-7-13)22-18(28)16-10-17(27)25-19(24-16)23-15-4-2-12(20)3-5-15/h2-9,16H,10H2,1H3,(H,21,26)(H,22,28)(H2,23,24,25,27). The van der Waals surface area contributed by atoms with Gasteiger partial charge in [0.05, 0.1) is 6.42 Å². The molecule has 0 bridgehead atoms. The van der Waals surface area contributed by atoms with Crippen LogP contribution < -0.4 is 21.3 Å². The summed E-state index contributed by atoms with van der Waals surface area (Å²) in [5.74, 6) is -1.27. The molecular formula is C19H18FN5O3. The number of anilines is 3. The quantitative estimate of drug-likeness (QED) is 0.648. The van der Waals surface area contributed by atoms with E-state index in [2.05, 4.69) is 26.3 Å². The van der Waals surface area contributed by atoms with Gasteiger partial charge in [-0.15, -0.1) is 0 Å². The summed E-state index contributed by atoms with van der Waals surface area (Å²) in [6.45, 7) is 1.40. The van der Waals surface area contributed by atoms with Crippen LogP contribution in [0.25, 0.3) is 0 Å². The molecule has 1 aliphatic heterocycles. The van der Waals surface area contributed by atoms with Crippen molar-refractivity contribution in [1.82, 2.24) is 5.32 Å². The summed E-state index contributed by atoms with van der Waals surface area (Å²) in [5, 5.41) is 10.7. The molecule has 28 heavy (non-hydrogen) atoms. The molecule has 1 heterocycles. The van der Waals surface area contributed by atoms with Crippen molar-refractivity contribution in [2.24, 2.45) is 4.99 Å². The molecule has 0 aliphatic carbocycles. The number of nitrogens with zero attached hydrogens (tertiary/aromatic N) is 1. The van der Waals surface area contributed by atoms with Crippen LogP contribution in [-0.4, -0.2) is 29.7 Å². The van der Waals surface area contributed by atoms with Crippen molar-refractivity contribution < 1.29 is 18.8 Å². The van der Waals surface area contributed by atoms with Gasteiger partial charge in [-0.3, -0.25) is 19.7 Å². The van der Waals surface area contributed by atoms with Crippen molar-refractivity contribution in [2.75, 3.05) is 16.0 Å². The van der Waals surface area contributed by atoms with E-state index in [0.29, 0.717) is 17.1 Å². The lowest BCUT2D eigenvalue weighted by Gasteiger charge is -2.21. The zero-order valence-corrected chi connectivity index (χ0v) is 15.0. The number of guanidine groups is 1. The summed E-state index contributed by atoms with van der Waals surface area (Å²) in [7, 11) is 0. The third-order valence-electron chi connectivity index (χ3n) is 3.80. The lowest BCUT2D eigenvalue weighted by Crippen LogP contribution is -2.45. The van der Waals surface area contributed by atoms with Gasteiger partial charge in [0.1, 0.15) is 11.9 Å². The molecule has 3 rings (SSSR count). The summed E-state index contributed by atoms with van der Waals surface area (Å²) in [5.41, 5.74) is 1.63. The minimum Gasteiger partial charge on any atom is -0.326 e. The number of nitrogens with one attached hydrogen (secondary N) is 4. The molecule has 0 saturated carbocycles. The van der Waals surface area contributed by atoms with Crippen molar-refractivity contribution in [1.29, 1.82) is 0 Å². The first-order chi connectivity index (χ1) is 13.4. The number of amides is 3. The van der Waals surface area contributed by atoms with Gasteiger partial charge in [-0.05, 0) is 48.5 Å².